The first-order valence-electron chi connectivity index (χ1n) is 10.1. The third kappa shape index (κ3) is 4.59. The second kappa shape index (κ2) is 9.39. The molecule has 0 aliphatic rings. The summed E-state index contributed by atoms with van der Waals surface area (Å²) < 4.78 is 6.86. The molecule has 6 heteroatoms. The second-order valence-corrected chi connectivity index (χ2v) is 7.16. The molecule has 0 radical (unpaired) electrons. The number of carbonyl (C=O) groups excluding carboxylic acids is 1. The van der Waals surface area contributed by atoms with E-state index in [0.717, 1.165) is 16.7 Å². The summed E-state index contributed by atoms with van der Waals surface area (Å²) in [4.78, 5) is 25.6. The topological polar surface area (TPSA) is 73.2 Å². The minimum atomic E-state index is -0.739. The Bertz CT molecular complexity index is 1100. The van der Waals surface area contributed by atoms with Crippen LogP contribution in [0.2, 0.25) is 0 Å². The molecule has 1 aromatic heterocycles. The van der Waals surface area contributed by atoms with Crippen LogP contribution in [0, 0.1) is 13.8 Å². The Morgan fingerprint density at radius 1 is 1.10 bits per heavy atom. The van der Waals surface area contributed by atoms with Crippen molar-refractivity contribution >= 4 is 11.6 Å². The van der Waals surface area contributed by atoms with E-state index in [9.17, 15) is 9.59 Å². The molecule has 0 aliphatic heterocycles. The maximum absolute atomic E-state index is 13.1. The number of rotatable bonds is 7. The van der Waals surface area contributed by atoms with Gasteiger partial charge in [-0.05, 0) is 57.0 Å². The average molecular weight is 405 g/mol. The Labute approximate surface area is 176 Å². The van der Waals surface area contributed by atoms with E-state index >= 15 is 0 Å². The van der Waals surface area contributed by atoms with Gasteiger partial charge in [0.2, 0.25) is 5.91 Å². The molecule has 0 saturated heterocycles. The lowest BCUT2D eigenvalue weighted by atomic mass is 10.0. The fourth-order valence-electron chi connectivity index (χ4n) is 3.34. The van der Waals surface area contributed by atoms with Crippen molar-refractivity contribution in [3.8, 4) is 17.0 Å². The zero-order chi connectivity index (χ0) is 21.7. The highest BCUT2D eigenvalue weighted by atomic mass is 16.5. The number of benzene rings is 2. The van der Waals surface area contributed by atoms with Gasteiger partial charge in [-0.1, -0.05) is 36.8 Å². The van der Waals surface area contributed by atoms with Crippen LogP contribution >= 0.6 is 0 Å². The molecule has 1 N–H and O–H groups in total. The van der Waals surface area contributed by atoms with Gasteiger partial charge in [-0.15, -0.1) is 0 Å². The predicted molar refractivity (Wildman–Crippen MR) is 119 cm³/mol. The van der Waals surface area contributed by atoms with Gasteiger partial charge < -0.3 is 10.1 Å². The van der Waals surface area contributed by atoms with Gasteiger partial charge in [-0.2, -0.15) is 5.10 Å². The lowest BCUT2D eigenvalue weighted by Crippen LogP contribution is -2.34. The lowest BCUT2D eigenvalue weighted by Gasteiger charge is -2.19. The fourth-order valence-corrected chi connectivity index (χ4v) is 3.34. The summed E-state index contributed by atoms with van der Waals surface area (Å²) in [6.45, 7) is 8.24. The number of hydrogen-bond acceptors (Lipinski definition) is 4. The highest BCUT2D eigenvalue weighted by Crippen LogP contribution is 2.26. The van der Waals surface area contributed by atoms with Gasteiger partial charge >= 0.3 is 0 Å². The predicted octanol–water partition coefficient (Wildman–Crippen LogP) is 4.52. The molecular formula is C24H27N3O3. The molecule has 3 rings (SSSR count). The molecule has 30 heavy (non-hydrogen) atoms. The van der Waals surface area contributed by atoms with Crippen LogP contribution in [0.15, 0.2) is 59.4 Å². The van der Waals surface area contributed by atoms with Crippen LogP contribution < -0.4 is 15.6 Å². The molecule has 1 atom stereocenters. The molecule has 0 spiro atoms. The Morgan fingerprint density at radius 2 is 1.87 bits per heavy atom. The number of nitrogens with zero attached hydrogens (tertiary/aromatic N) is 2. The van der Waals surface area contributed by atoms with E-state index in [2.05, 4.69) is 10.4 Å². The molecule has 0 saturated carbocycles. The SMILES string of the molecule is CCOc1ccccc1NC(=O)[C@H](CC)n1nc(-c2cc(C)ccc2C)ccc1=O. The first kappa shape index (κ1) is 21.3. The van der Waals surface area contributed by atoms with Crippen molar-refractivity contribution < 1.29 is 9.53 Å². The van der Waals surface area contributed by atoms with Crippen LogP contribution in [0.25, 0.3) is 11.3 Å². The number of amides is 1. The largest absolute Gasteiger partial charge is 0.492 e. The van der Waals surface area contributed by atoms with Gasteiger partial charge in [0, 0.05) is 11.6 Å². The maximum Gasteiger partial charge on any atom is 0.267 e. The number of aryl methyl sites for hydroxylation is 2. The number of hydrogen-bond donors (Lipinski definition) is 1. The van der Waals surface area contributed by atoms with E-state index in [1.54, 1.807) is 18.2 Å². The monoisotopic (exact) mass is 405 g/mol. The van der Waals surface area contributed by atoms with Gasteiger partial charge in [0.15, 0.2) is 0 Å². The minimum Gasteiger partial charge on any atom is -0.492 e. The molecule has 1 heterocycles. The summed E-state index contributed by atoms with van der Waals surface area (Å²) in [5.74, 6) is 0.282. The highest BCUT2D eigenvalue weighted by Gasteiger charge is 2.22. The van der Waals surface area contributed by atoms with E-state index < -0.39 is 6.04 Å². The Morgan fingerprint density at radius 3 is 2.60 bits per heavy atom. The smallest absolute Gasteiger partial charge is 0.267 e. The number of anilines is 1. The molecule has 0 bridgehead atoms. The van der Waals surface area contributed by atoms with Crippen LogP contribution in [-0.4, -0.2) is 22.3 Å². The summed E-state index contributed by atoms with van der Waals surface area (Å²) in [5, 5.41) is 7.44. The van der Waals surface area contributed by atoms with Crippen LogP contribution in [0.5, 0.6) is 5.75 Å². The standard InChI is InChI=1S/C24H27N3O3/c1-5-21(24(29)25-20-9-7-8-10-22(20)30-6-2)27-23(28)14-13-19(26-27)18-15-16(3)11-12-17(18)4/h7-15,21H,5-6H2,1-4H3,(H,25,29)/t21-/m0/s1. The molecule has 156 valence electrons. The van der Waals surface area contributed by atoms with Gasteiger partial charge in [0.25, 0.3) is 5.56 Å². The molecule has 1 amide bonds. The normalized spacial score (nSPS) is 11.7. The van der Waals surface area contributed by atoms with E-state index in [1.165, 1.54) is 10.7 Å². The average Bonchev–Trinajstić information content (AvgIpc) is 2.73. The maximum atomic E-state index is 13.1. The minimum absolute atomic E-state index is 0.308. The molecule has 0 aliphatic carbocycles. The zero-order valence-electron chi connectivity index (χ0n) is 17.8. The molecule has 0 unspecified atom stereocenters. The van der Waals surface area contributed by atoms with Gasteiger partial charge in [0.05, 0.1) is 18.0 Å². The first-order valence-corrected chi connectivity index (χ1v) is 10.1. The Balaban J connectivity index is 1.96. The van der Waals surface area contributed by atoms with Crippen molar-refractivity contribution in [1.29, 1.82) is 0 Å². The molecule has 2 aromatic carbocycles. The zero-order valence-corrected chi connectivity index (χ0v) is 17.8. The molecule has 3 aromatic rings. The number of ether oxygens (including phenoxy) is 1. The van der Waals surface area contributed by atoms with Crippen molar-refractivity contribution in [2.75, 3.05) is 11.9 Å². The van der Waals surface area contributed by atoms with Crippen molar-refractivity contribution in [3.05, 3.63) is 76.1 Å². The van der Waals surface area contributed by atoms with E-state index in [1.807, 2.05) is 58.0 Å². The Kier molecular flexibility index (Phi) is 6.67. The number of carbonyl (C=O) groups is 1. The van der Waals surface area contributed by atoms with Crippen LogP contribution in [-0.2, 0) is 4.79 Å². The summed E-state index contributed by atoms with van der Waals surface area (Å²) in [6.07, 6.45) is 0.422. The second-order valence-electron chi connectivity index (χ2n) is 7.16. The summed E-state index contributed by atoms with van der Waals surface area (Å²) in [5.41, 5.74) is 4.03. The van der Waals surface area contributed by atoms with Crippen LogP contribution in [0.3, 0.4) is 0 Å². The van der Waals surface area contributed by atoms with Gasteiger partial charge in [-0.25, -0.2) is 4.68 Å². The number of para-hydroxylation sites is 2. The van der Waals surface area contributed by atoms with Gasteiger partial charge in [-0.3, -0.25) is 9.59 Å². The van der Waals surface area contributed by atoms with E-state index in [0.29, 0.717) is 30.2 Å². The van der Waals surface area contributed by atoms with Crippen molar-refractivity contribution in [2.45, 2.75) is 40.2 Å². The molecule has 0 fully saturated rings. The molecule has 6 nitrogen and oxygen atoms in total. The Hall–Kier alpha value is -3.41. The summed E-state index contributed by atoms with van der Waals surface area (Å²) in [6, 6.07) is 15.8. The van der Waals surface area contributed by atoms with Crippen molar-refractivity contribution in [2.24, 2.45) is 0 Å². The van der Waals surface area contributed by atoms with Crippen molar-refractivity contribution in [1.82, 2.24) is 9.78 Å². The van der Waals surface area contributed by atoms with Crippen LogP contribution in [0.4, 0.5) is 5.69 Å². The van der Waals surface area contributed by atoms with E-state index in [-0.39, 0.29) is 11.5 Å². The van der Waals surface area contributed by atoms with Gasteiger partial charge in [0.1, 0.15) is 11.8 Å². The first-order chi connectivity index (χ1) is 14.4. The highest BCUT2D eigenvalue weighted by molar-refractivity contribution is 5.95. The third-order valence-electron chi connectivity index (χ3n) is 4.92. The summed E-state index contributed by atoms with van der Waals surface area (Å²) in [7, 11) is 0. The third-order valence-corrected chi connectivity index (χ3v) is 4.92. The summed E-state index contributed by atoms with van der Waals surface area (Å²) >= 11 is 0. The van der Waals surface area contributed by atoms with E-state index in [4.69, 9.17) is 4.74 Å². The fraction of sp³-hybridized carbons (Fsp3) is 0.292. The lowest BCUT2D eigenvalue weighted by molar-refractivity contribution is -0.119. The quantitative estimate of drug-likeness (QED) is 0.627. The number of aromatic nitrogens is 2. The van der Waals surface area contributed by atoms with Crippen LogP contribution in [0.1, 0.15) is 37.4 Å². The number of nitrogens with one attached hydrogen (secondary N) is 1. The van der Waals surface area contributed by atoms with Crippen molar-refractivity contribution in [3.63, 3.8) is 0 Å². The molecular weight excluding hydrogens is 378 g/mol.